The highest BCUT2D eigenvalue weighted by Gasteiger charge is 2.47. The summed E-state index contributed by atoms with van der Waals surface area (Å²) in [6, 6.07) is 0. The van der Waals surface area contributed by atoms with Gasteiger partial charge < -0.3 is 5.11 Å². The van der Waals surface area contributed by atoms with E-state index < -0.39 is 0 Å². The quantitative estimate of drug-likeness (QED) is 0.794. The van der Waals surface area contributed by atoms with Gasteiger partial charge in [0.1, 0.15) is 0 Å². The third-order valence-corrected chi connectivity index (χ3v) is 6.30. The molecule has 1 fully saturated rings. The van der Waals surface area contributed by atoms with Crippen molar-refractivity contribution in [2.75, 3.05) is 5.33 Å². The highest BCUT2D eigenvalue weighted by Crippen LogP contribution is 2.52. The zero-order chi connectivity index (χ0) is 13.5. The Balaban J connectivity index is 2.33. The van der Waals surface area contributed by atoms with Gasteiger partial charge in [-0.2, -0.15) is 0 Å². The van der Waals surface area contributed by atoms with Gasteiger partial charge in [-0.15, -0.1) is 0 Å². The van der Waals surface area contributed by atoms with Gasteiger partial charge in [0.2, 0.25) is 0 Å². The lowest BCUT2D eigenvalue weighted by Crippen LogP contribution is -2.46. The highest BCUT2D eigenvalue weighted by atomic mass is 79.9. The molecule has 2 rings (SSSR count). The molecular formula is C15H23BrO2. The molecule has 2 aliphatic rings. The molecule has 0 heterocycles. The summed E-state index contributed by atoms with van der Waals surface area (Å²) in [7, 11) is 0. The van der Waals surface area contributed by atoms with E-state index in [4.69, 9.17) is 0 Å². The molecule has 0 aromatic carbocycles. The van der Waals surface area contributed by atoms with Crippen molar-refractivity contribution in [2.45, 2.75) is 46.1 Å². The molecule has 0 amide bonds. The third kappa shape index (κ3) is 2.20. The SMILES string of the molecule is CC(CBr)C1CC2(C)C(=CC1=O)CCC(O)C2C. The van der Waals surface area contributed by atoms with Gasteiger partial charge in [0.15, 0.2) is 5.78 Å². The third-order valence-electron chi connectivity index (χ3n) is 5.28. The minimum Gasteiger partial charge on any atom is -0.393 e. The summed E-state index contributed by atoms with van der Waals surface area (Å²) in [6.45, 7) is 6.49. The monoisotopic (exact) mass is 314 g/mol. The van der Waals surface area contributed by atoms with Gasteiger partial charge in [-0.1, -0.05) is 42.3 Å². The lowest BCUT2D eigenvalue weighted by atomic mass is 9.56. The number of carbonyl (C=O) groups excluding carboxylic acids is 1. The van der Waals surface area contributed by atoms with Crippen LogP contribution in [0.25, 0.3) is 0 Å². The molecule has 2 aliphatic carbocycles. The molecule has 1 saturated carbocycles. The van der Waals surface area contributed by atoms with E-state index in [2.05, 4.69) is 36.7 Å². The Kier molecular flexibility index (Phi) is 4.03. The van der Waals surface area contributed by atoms with Gasteiger partial charge in [0, 0.05) is 11.2 Å². The maximum absolute atomic E-state index is 12.2. The first-order valence-corrected chi connectivity index (χ1v) is 8.01. The second kappa shape index (κ2) is 5.09. The molecule has 5 unspecified atom stereocenters. The topological polar surface area (TPSA) is 37.3 Å². The Bertz CT molecular complexity index is 377. The number of alkyl halides is 1. The van der Waals surface area contributed by atoms with Gasteiger partial charge in [-0.3, -0.25) is 4.79 Å². The Labute approximate surface area is 118 Å². The van der Waals surface area contributed by atoms with Crippen LogP contribution in [0.15, 0.2) is 11.6 Å². The molecule has 5 atom stereocenters. The molecule has 0 spiro atoms. The maximum Gasteiger partial charge on any atom is 0.159 e. The second-order valence-electron chi connectivity index (χ2n) is 6.33. The zero-order valence-electron chi connectivity index (χ0n) is 11.4. The van der Waals surface area contributed by atoms with Crippen LogP contribution in [0.5, 0.6) is 0 Å². The van der Waals surface area contributed by atoms with Gasteiger partial charge in [-0.05, 0) is 42.6 Å². The van der Waals surface area contributed by atoms with E-state index in [0.717, 1.165) is 24.6 Å². The number of hydrogen-bond donors (Lipinski definition) is 1. The van der Waals surface area contributed by atoms with E-state index in [1.807, 2.05) is 6.08 Å². The van der Waals surface area contributed by atoms with Crippen LogP contribution in [0, 0.1) is 23.2 Å². The molecule has 0 radical (unpaired) electrons. The minimum absolute atomic E-state index is 0.00662. The first-order valence-electron chi connectivity index (χ1n) is 6.89. The number of rotatable bonds is 2. The fourth-order valence-electron chi connectivity index (χ4n) is 3.54. The molecule has 3 heteroatoms. The first kappa shape index (κ1) is 14.3. The molecule has 18 heavy (non-hydrogen) atoms. The molecule has 0 aliphatic heterocycles. The number of halogens is 1. The fraction of sp³-hybridized carbons (Fsp3) is 0.800. The summed E-state index contributed by atoms with van der Waals surface area (Å²) < 4.78 is 0. The highest BCUT2D eigenvalue weighted by molar-refractivity contribution is 9.09. The van der Waals surface area contributed by atoms with E-state index in [1.165, 1.54) is 5.57 Å². The summed E-state index contributed by atoms with van der Waals surface area (Å²) in [4.78, 5) is 12.2. The smallest absolute Gasteiger partial charge is 0.159 e. The second-order valence-corrected chi connectivity index (χ2v) is 6.97. The van der Waals surface area contributed by atoms with Gasteiger partial charge in [-0.25, -0.2) is 0 Å². The summed E-state index contributed by atoms with van der Waals surface area (Å²) in [5.41, 5.74) is 1.27. The fourth-order valence-corrected chi connectivity index (χ4v) is 3.99. The van der Waals surface area contributed by atoms with Crippen LogP contribution in [-0.4, -0.2) is 22.3 Å². The van der Waals surface area contributed by atoms with Crippen molar-refractivity contribution in [1.29, 1.82) is 0 Å². The summed E-state index contributed by atoms with van der Waals surface area (Å²) in [6.07, 6.45) is 4.23. The Morgan fingerprint density at radius 2 is 2.28 bits per heavy atom. The number of aliphatic hydroxyl groups excluding tert-OH is 1. The summed E-state index contributed by atoms with van der Waals surface area (Å²) >= 11 is 3.49. The van der Waals surface area contributed by atoms with Crippen molar-refractivity contribution in [3.8, 4) is 0 Å². The number of allylic oxidation sites excluding steroid dienone is 2. The molecule has 0 saturated heterocycles. The van der Waals surface area contributed by atoms with E-state index in [0.29, 0.717) is 5.92 Å². The van der Waals surface area contributed by atoms with E-state index in [-0.39, 0.29) is 29.1 Å². The zero-order valence-corrected chi connectivity index (χ0v) is 13.0. The van der Waals surface area contributed by atoms with Crippen LogP contribution in [0.4, 0.5) is 0 Å². The molecule has 0 aromatic heterocycles. The van der Waals surface area contributed by atoms with Crippen LogP contribution in [0.3, 0.4) is 0 Å². The normalized spacial score (nSPS) is 42.2. The van der Waals surface area contributed by atoms with Crippen LogP contribution < -0.4 is 0 Å². The first-order chi connectivity index (χ1) is 8.40. The van der Waals surface area contributed by atoms with Gasteiger partial charge in [0.05, 0.1) is 6.10 Å². The molecule has 0 aromatic rings. The van der Waals surface area contributed by atoms with Gasteiger partial charge >= 0.3 is 0 Å². The summed E-state index contributed by atoms with van der Waals surface area (Å²) in [5, 5.41) is 11.0. The number of hydrogen-bond acceptors (Lipinski definition) is 2. The number of ketones is 1. The molecule has 2 nitrogen and oxygen atoms in total. The average molecular weight is 315 g/mol. The largest absolute Gasteiger partial charge is 0.393 e. The van der Waals surface area contributed by atoms with Gasteiger partial charge in [0.25, 0.3) is 0 Å². The van der Waals surface area contributed by atoms with E-state index in [1.54, 1.807) is 0 Å². The Morgan fingerprint density at radius 3 is 2.89 bits per heavy atom. The van der Waals surface area contributed by atoms with Crippen LogP contribution in [0.2, 0.25) is 0 Å². The minimum atomic E-state index is -0.222. The molecule has 0 bridgehead atoms. The standard InChI is InChI=1S/C15H23BrO2/c1-9(8-16)12-7-15(3)10(2)13(17)5-4-11(15)6-14(12)18/h6,9-10,12-13,17H,4-5,7-8H2,1-3H3. The predicted octanol–water partition coefficient (Wildman–Crippen LogP) is 3.33. The number of aliphatic hydroxyl groups is 1. The van der Waals surface area contributed by atoms with Crippen molar-refractivity contribution in [3.05, 3.63) is 11.6 Å². The Hall–Kier alpha value is -0.150. The number of carbonyl (C=O) groups is 1. The van der Waals surface area contributed by atoms with E-state index in [9.17, 15) is 9.90 Å². The molecular weight excluding hydrogens is 292 g/mol. The number of fused-ring (bicyclic) bond motifs is 1. The van der Waals surface area contributed by atoms with Crippen LogP contribution in [0.1, 0.15) is 40.0 Å². The maximum atomic E-state index is 12.2. The molecule has 1 N–H and O–H groups in total. The van der Waals surface area contributed by atoms with Crippen molar-refractivity contribution < 1.29 is 9.90 Å². The van der Waals surface area contributed by atoms with Crippen molar-refractivity contribution in [3.63, 3.8) is 0 Å². The lowest BCUT2D eigenvalue weighted by molar-refractivity contribution is -0.123. The molecule has 102 valence electrons. The lowest BCUT2D eigenvalue weighted by Gasteiger charge is -2.49. The van der Waals surface area contributed by atoms with Crippen LogP contribution >= 0.6 is 15.9 Å². The van der Waals surface area contributed by atoms with Crippen LogP contribution in [-0.2, 0) is 4.79 Å². The van der Waals surface area contributed by atoms with Crippen molar-refractivity contribution in [2.24, 2.45) is 23.2 Å². The van der Waals surface area contributed by atoms with E-state index >= 15 is 0 Å². The van der Waals surface area contributed by atoms with Crippen molar-refractivity contribution in [1.82, 2.24) is 0 Å². The average Bonchev–Trinajstić information content (AvgIpc) is 2.35. The summed E-state index contributed by atoms with van der Waals surface area (Å²) in [5.74, 6) is 0.998. The van der Waals surface area contributed by atoms with Crippen molar-refractivity contribution >= 4 is 21.7 Å². The Morgan fingerprint density at radius 1 is 1.61 bits per heavy atom. The predicted molar refractivity (Wildman–Crippen MR) is 76.7 cm³/mol.